The van der Waals surface area contributed by atoms with Crippen LogP contribution in [0.25, 0.3) is 22.6 Å². The van der Waals surface area contributed by atoms with Crippen molar-refractivity contribution in [2.24, 2.45) is 0 Å². The fourth-order valence-electron chi connectivity index (χ4n) is 4.97. The summed E-state index contributed by atoms with van der Waals surface area (Å²) < 4.78 is 53.2. The average Bonchev–Trinajstić information content (AvgIpc) is 3.42. The number of ether oxygens (including phenoxy) is 2. The van der Waals surface area contributed by atoms with Crippen LogP contribution in [0.15, 0.2) is 73.2 Å². The first kappa shape index (κ1) is 28.1. The summed E-state index contributed by atoms with van der Waals surface area (Å²) in [5.41, 5.74) is 1.68. The Labute approximate surface area is 243 Å². The normalized spacial score (nSPS) is 15.3. The van der Waals surface area contributed by atoms with Crippen molar-refractivity contribution in [2.45, 2.75) is 31.7 Å². The van der Waals surface area contributed by atoms with Crippen LogP contribution in [0.3, 0.4) is 0 Å². The number of nitrogens with one attached hydrogen (secondary N) is 2. The molecule has 2 N–H and O–H groups in total. The number of anilines is 3. The number of hydrogen-bond donors (Lipinski definition) is 2. The third-order valence-electron chi connectivity index (χ3n) is 6.96. The van der Waals surface area contributed by atoms with Crippen LogP contribution in [0.4, 0.5) is 30.4 Å². The summed E-state index contributed by atoms with van der Waals surface area (Å²) in [6.07, 6.45) is 0.587. The number of aromatic nitrogens is 5. The van der Waals surface area contributed by atoms with E-state index >= 15 is 0 Å². The van der Waals surface area contributed by atoms with E-state index in [1.54, 1.807) is 30.3 Å². The van der Waals surface area contributed by atoms with E-state index in [2.05, 4.69) is 25.6 Å². The zero-order valence-electron chi connectivity index (χ0n) is 22.9. The Bertz CT molecular complexity index is 1780. The molecule has 5 aromatic rings. The lowest BCUT2D eigenvalue weighted by Crippen LogP contribution is -2.19. The summed E-state index contributed by atoms with van der Waals surface area (Å²) in [5.74, 6) is 0.550. The van der Waals surface area contributed by atoms with E-state index in [1.165, 1.54) is 31.8 Å². The number of amides is 1. The standard InChI is InChI=1S/C30H26F3N7O3/c1-42-29-22(11-6-13-34-29)28(41)38-20-9-4-7-18(15-20)26-39-24-25(37-21-10-5-8-19(16-21)30(31,32)33)35-17-36-27(24)40(26)23-12-2-3-14-43-23/h4-11,13,15-17,23H,2-3,12,14H2,1H3,(H,38,41)(H,35,36,37). The van der Waals surface area contributed by atoms with E-state index in [0.29, 0.717) is 34.8 Å². The molecule has 0 spiro atoms. The molecule has 1 amide bonds. The van der Waals surface area contributed by atoms with Gasteiger partial charge in [-0.05, 0) is 61.7 Å². The van der Waals surface area contributed by atoms with Crippen molar-refractivity contribution in [1.29, 1.82) is 0 Å². The van der Waals surface area contributed by atoms with Crippen molar-refractivity contribution >= 4 is 34.3 Å². The number of pyridine rings is 1. The zero-order chi connectivity index (χ0) is 30.0. The number of fused-ring (bicyclic) bond motifs is 1. The lowest BCUT2D eigenvalue weighted by Gasteiger charge is -2.25. The lowest BCUT2D eigenvalue weighted by molar-refractivity contribution is -0.137. The van der Waals surface area contributed by atoms with E-state index in [4.69, 9.17) is 14.5 Å². The molecule has 13 heteroatoms. The number of alkyl halides is 3. The Kier molecular flexibility index (Phi) is 7.63. The third-order valence-corrected chi connectivity index (χ3v) is 6.96. The van der Waals surface area contributed by atoms with Gasteiger partial charge in [-0.25, -0.2) is 19.9 Å². The molecule has 3 aromatic heterocycles. The highest BCUT2D eigenvalue weighted by Gasteiger charge is 2.31. The summed E-state index contributed by atoms with van der Waals surface area (Å²) >= 11 is 0. The summed E-state index contributed by atoms with van der Waals surface area (Å²) in [6.45, 7) is 0.563. The molecule has 0 radical (unpaired) electrons. The number of methoxy groups -OCH3 is 1. The Morgan fingerprint density at radius 1 is 1.02 bits per heavy atom. The molecule has 0 bridgehead atoms. The third kappa shape index (κ3) is 5.84. The fourth-order valence-corrected chi connectivity index (χ4v) is 4.97. The molecule has 1 atom stereocenters. The Morgan fingerprint density at radius 2 is 1.86 bits per heavy atom. The number of nitrogens with zero attached hydrogens (tertiary/aromatic N) is 5. The van der Waals surface area contributed by atoms with E-state index in [9.17, 15) is 18.0 Å². The highest BCUT2D eigenvalue weighted by molar-refractivity contribution is 6.06. The fraction of sp³-hybridized carbons (Fsp3) is 0.233. The number of carbonyl (C=O) groups is 1. The van der Waals surface area contributed by atoms with Gasteiger partial charge in [0.1, 0.15) is 23.9 Å². The van der Waals surface area contributed by atoms with E-state index < -0.39 is 17.6 Å². The minimum Gasteiger partial charge on any atom is -0.480 e. The van der Waals surface area contributed by atoms with Crippen LogP contribution < -0.4 is 15.4 Å². The van der Waals surface area contributed by atoms with E-state index in [0.717, 1.165) is 31.4 Å². The maximum Gasteiger partial charge on any atom is 0.416 e. The van der Waals surface area contributed by atoms with Gasteiger partial charge in [0.2, 0.25) is 5.88 Å². The molecule has 0 saturated carbocycles. The molecule has 43 heavy (non-hydrogen) atoms. The molecule has 2 aromatic carbocycles. The molecule has 1 fully saturated rings. The molecule has 1 aliphatic heterocycles. The second-order valence-corrected chi connectivity index (χ2v) is 9.82. The Hall–Kier alpha value is -5.04. The van der Waals surface area contributed by atoms with Crippen LogP contribution in [0.2, 0.25) is 0 Å². The van der Waals surface area contributed by atoms with Gasteiger partial charge in [0, 0.05) is 29.7 Å². The first-order valence-electron chi connectivity index (χ1n) is 13.5. The first-order chi connectivity index (χ1) is 20.8. The van der Waals surface area contributed by atoms with Crippen molar-refractivity contribution in [3.05, 3.63) is 84.3 Å². The van der Waals surface area contributed by atoms with Gasteiger partial charge >= 0.3 is 6.18 Å². The second kappa shape index (κ2) is 11.7. The van der Waals surface area contributed by atoms with Gasteiger partial charge < -0.3 is 20.1 Å². The highest BCUT2D eigenvalue weighted by atomic mass is 19.4. The Morgan fingerprint density at radius 3 is 2.65 bits per heavy atom. The van der Waals surface area contributed by atoms with Crippen LogP contribution in [-0.2, 0) is 10.9 Å². The van der Waals surface area contributed by atoms with Gasteiger partial charge in [-0.3, -0.25) is 9.36 Å². The van der Waals surface area contributed by atoms with Crippen LogP contribution >= 0.6 is 0 Å². The van der Waals surface area contributed by atoms with Crippen molar-refractivity contribution < 1.29 is 27.4 Å². The molecule has 4 heterocycles. The molecule has 1 unspecified atom stereocenters. The van der Waals surface area contributed by atoms with Crippen molar-refractivity contribution in [3.8, 4) is 17.3 Å². The van der Waals surface area contributed by atoms with Crippen LogP contribution in [0, 0.1) is 0 Å². The maximum atomic E-state index is 13.3. The molecule has 220 valence electrons. The summed E-state index contributed by atoms with van der Waals surface area (Å²) in [4.78, 5) is 30.8. The molecular weight excluding hydrogens is 563 g/mol. The predicted molar refractivity (Wildman–Crippen MR) is 153 cm³/mol. The largest absolute Gasteiger partial charge is 0.480 e. The monoisotopic (exact) mass is 589 g/mol. The van der Waals surface area contributed by atoms with Gasteiger partial charge in [0.15, 0.2) is 17.0 Å². The molecule has 6 rings (SSSR count). The summed E-state index contributed by atoms with van der Waals surface area (Å²) in [5, 5.41) is 5.86. The number of imidazole rings is 1. The Balaban J connectivity index is 1.40. The van der Waals surface area contributed by atoms with E-state index in [-0.39, 0.29) is 29.2 Å². The number of benzene rings is 2. The summed E-state index contributed by atoms with van der Waals surface area (Å²) in [6, 6.07) is 15.3. The number of halogens is 3. The average molecular weight is 590 g/mol. The number of carbonyl (C=O) groups excluding carboxylic acids is 1. The minimum atomic E-state index is -4.49. The van der Waals surface area contributed by atoms with Crippen molar-refractivity contribution in [3.63, 3.8) is 0 Å². The van der Waals surface area contributed by atoms with Crippen LogP contribution in [0.5, 0.6) is 5.88 Å². The van der Waals surface area contributed by atoms with Gasteiger partial charge in [0.05, 0.1) is 12.7 Å². The van der Waals surface area contributed by atoms with Gasteiger partial charge in [-0.2, -0.15) is 13.2 Å². The SMILES string of the molecule is COc1ncccc1C(=O)Nc1cccc(-c2nc3c(Nc4cccc(C(F)(F)F)c4)ncnc3n2C2CCCCO2)c1. The van der Waals surface area contributed by atoms with E-state index in [1.807, 2.05) is 10.6 Å². The van der Waals surface area contributed by atoms with Gasteiger partial charge in [-0.1, -0.05) is 18.2 Å². The second-order valence-electron chi connectivity index (χ2n) is 9.82. The summed E-state index contributed by atoms with van der Waals surface area (Å²) in [7, 11) is 1.44. The zero-order valence-corrected chi connectivity index (χ0v) is 22.9. The van der Waals surface area contributed by atoms with Crippen molar-refractivity contribution in [2.75, 3.05) is 24.4 Å². The smallest absolute Gasteiger partial charge is 0.416 e. The van der Waals surface area contributed by atoms with Gasteiger partial charge in [0.25, 0.3) is 5.91 Å². The topological polar surface area (TPSA) is 116 Å². The number of hydrogen-bond acceptors (Lipinski definition) is 8. The number of rotatable bonds is 7. The van der Waals surface area contributed by atoms with Crippen molar-refractivity contribution in [1.82, 2.24) is 24.5 Å². The molecule has 1 saturated heterocycles. The molecule has 1 aliphatic rings. The quantitative estimate of drug-likeness (QED) is 0.218. The highest BCUT2D eigenvalue weighted by Crippen LogP contribution is 2.36. The minimum absolute atomic E-state index is 0.201. The maximum absolute atomic E-state index is 13.3. The predicted octanol–water partition coefficient (Wildman–Crippen LogP) is 6.61. The lowest BCUT2D eigenvalue weighted by atomic mass is 10.1. The molecule has 0 aliphatic carbocycles. The van der Waals surface area contributed by atoms with Gasteiger partial charge in [-0.15, -0.1) is 0 Å². The first-order valence-corrected chi connectivity index (χ1v) is 13.5. The molecular formula is C30H26F3N7O3. The molecule has 10 nitrogen and oxygen atoms in total. The van der Waals surface area contributed by atoms with Crippen LogP contribution in [0.1, 0.15) is 41.4 Å². The van der Waals surface area contributed by atoms with Crippen LogP contribution in [-0.4, -0.2) is 44.1 Å².